The highest BCUT2D eigenvalue weighted by Gasteiger charge is 2.19. The van der Waals surface area contributed by atoms with Crippen LogP contribution in [0.15, 0.2) is 76.0 Å². The number of aromatic nitrogens is 2. The van der Waals surface area contributed by atoms with E-state index in [0.717, 1.165) is 16.7 Å². The summed E-state index contributed by atoms with van der Waals surface area (Å²) in [4.78, 5) is 15.3. The minimum atomic E-state index is -0.501. The van der Waals surface area contributed by atoms with Crippen molar-refractivity contribution in [2.75, 3.05) is 0 Å². The van der Waals surface area contributed by atoms with Crippen LogP contribution >= 0.6 is 11.6 Å². The summed E-state index contributed by atoms with van der Waals surface area (Å²) in [6, 6.07) is 18.8. The number of hydrogen-bond donors (Lipinski definition) is 2. The second-order valence-electron chi connectivity index (χ2n) is 7.47. The molecule has 0 saturated heterocycles. The van der Waals surface area contributed by atoms with Gasteiger partial charge in [-0.25, -0.2) is 4.39 Å². The van der Waals surface area contributed by atoms with Gasteiger partial charge in [0.1, 0.15) is 17.1 Å². The molecule has 0 aliphatic heterocycles. The maximum absolute atomic E-state index is 13.2. The molecule has 0 unspecified atom stereocenters. The summed E-state index contributed by atoms with van der Waals surface area (Å²) in [6.45, 7) is 1.73. The molecule has 0 amide bonds. The third kappa shape index (κ3) is 3.44. The summed E-state index contributed by atoms with van der Waals surface area (Å²) in [5, 5.41) is 15.5. The van der Waals surface area contributed by atoms with Crippen LogP contribution in [0, 0.1) is 12.7 Å². The monoisotopic (exact) mass is 446 g/mol. The Morgan fingerprint density at radius 3 is 2.22 bits per heavy atom. The minimum absolute atomic E-state index is 0.0121. The molecule has 158 valence electrons. The molecule has 0 spiro atoms. The van der Waals surface area contributed by atoms with Crippen LogP contribution in [0.4, 0.5) is 4.39 Å². The van der Waals surface area contributed by atoms with E-state index in [4.69, 9.17) is 16.1 Å². The predicted molar refractivity (Wildman–Crippen MR) is 122 cm³/mol. The number of fused-ring (bicyclic) bond motifs is 1. The van der Waals surface area contributed by atoms with E-state index in [9.17, 15) is 14.3 Å². The Morgan fingerprint density at radius 2 is 1.59 bits per heavy atom. The molecule has 2 heterocycles. The Morgan fingerprint density at radius 1 is 0.969 bits per heavy atom. The summed E-state index contributed by atoms with van der Waals surface area (Å²) in [5.41, 5.74) is 3.85. The van der Waals surface area contributed by atoms with Crippen LogP contribution in [0.25, 0.3) is 44.5 Å². The first-order valence-corrected chi connectivity index (χ1v) is 10.2. The number of H-pyrrole nitrogens is 1. The number of aryl methyl sites for hydroxylation is 1. The summed E-state index contributed by atoms with van der Waals surface area (Å²) < 4.78 is 18.4. The van der Waals surface area contributed by atoms with E-state index in [0.29, 0.717) is 27.2 Å². The normalized spacial score (nSPS) is 11.2. The van der Waals surface area contributed by atoms with E-state index >= 15 is 0 Å². The number of pyridine rings is 1. The van der Waals surface area contributed by atoms with Crippen LogP contribution in [0.1, 0.15) is 5.69 Å². The van der Waals surface area contributed by atoms with Gasteiger partial charge in [0, 0.05) is 17.0 Å². The maximum atomic E-state index is 13.2. The van der Waals surface area contributed by atoms with E-state index in [1.165, 1.54) is 12.1 Å². The van der Waals surface area contributed by atoms with Crippen molar-refractivity contribution in [3.63, 3.8) is 0 Å². The van der Waals surface area contributed by atoms with Gasteiger partial charge in [-0.1, -0.05) is 53.2 Å². The van der Waals surface area contributed by atoms with Crippen molar-refractivity contribution in [3.8, 4) is 39.3 Å². The lowest BCUT2D eigenvalue weighted by Gasteiger charge is -2.11. The van der Waals surface area contributed by atoms with Crippen molar-refractivity contribution in [1.29, 1.82) is 0 Å². The van der Waals surface area contributed by atoms with Gasteiger partial charge in [0.2, 0.25) is 0 Å². The Labute approximate surface area is 186 Å². The third-order valence-corrected chi connectivity index (χ3v) is 5.63. The molecule has 0 fully saturated rings. The number of rotatable bonds is 3. The molecule has 2 aromatic heterocycles. The van der Waals surface area contributed by atoms with Gasteiger partial charge in [0.25, 0.3) is 5.56 Å². The molecule has 0 radical (unpaired) electrons. The van der Waals surface area contributed by atoms with Crippen molar-refractivity contribution < 1.29 is 14.0 Å². The van der Waals surface area contributed by atoms with Gasteiger partial charge in [0.15, 0.2) is 5.76 Å². The van der Waals surface area contributed by atoms with Gasteiger partial charge in [-0.3, -0.25) is 4.79 Å². The molecule has 0 aliphatic rings. The smallest absolute Gasteiger partial charge is 0.263 e. The zero-order chi connectivity index (χ0) is 22.4. The summed E-state index contributed by atoms with van der Waals surface area (Å²) in [7, 11) is 0. The van der Waals surface area contributed by atoms with Gasteiger partial charge in [-0.15, -0.1) is 0 Å². The van der Waals surface area contributed by atoms with Crippen molar-refractivity contribution in [2.24, 2.45) is 0 Å². The molecule has 2 N–H and O–H groups in total. The second-order valence-corrected chi connectivity index (χ2v) is 7.88. The standard InChI is InChI=1S/C25H16ClFN2O3/c1-13-10-22(32-29-13)23-24(30)19-11-18(20(26)12-21(19)28-25(23)31)16-4-2-14(3-5-16)15-6-8-17(27)9-7-15/h2-12H,1H3,(H2,28,30,31). The molecular formula is C25H16ClFN2O3. The summed E-state index contributed by atoms with van der Waals surface area (Å²) >= 11 is 6.50. The number of hydrogen-bond acceptors (Lipinski definition) is 4. The van der Waals surface area contributed by atoms with Crippen LogP contribution in [0.3, 0.4) is 0 Å². The first kappa shape index (κ1) is 20.0. The lowest BCUT2D eigenvalue weighted by atomic mass is 9.98. The molecule has 5 nitrogen and oxygen atoms in total. The molecule has 0 atom stereocenters. The highest BCUT2D eigenvalue weighted by molar-refractivity contribution is 6.34. The number of aromatic hydroxyl groups is 1. The van der Waals surface area contributed by atoms with Crippen LogP contribution in [0.2, 0.25) is 5.02 Å². The summed E-state index contributed by atoms with van der Waals surface area (Å²) in [6.07, 6.45) is 0. The van der Waals surface area contributed by atoms with Crippen molar-refractivity contribution in [1.82, 2.24) is 10.1 Å². The molecular weight excluding hydrogens is 431 g/mol. The Balaban J connectivity index is 1.62. The van der Waals surface area contributed by atoms with Crippen molar-refractivity contribution >= 4 is 22.5 Å². The van der Waals surface area contributed by atoms with E-state index in [2.05, 4.69) is 10.1 Å². The van der Waals surface area contributed by atoms with E-state index in [1.807, 2.05) is 24.3 Å². The fraction of sp³-hybridized carbons (Fsp3) is 0.0400. The molecule has 5 aromatic rings. The van der Waals surface area contributed by atoms with Crippen molar-refractivity contribution in [3.05, 3.63) is 93.6 Å². The lowest BCUT2D eigenvalue weighted by molar-refractivity contribution is 0.421. The molecule has 5 rings (SSSR count). The van der Waals surface area contributed by atoms with Crippen LogP contribution in [-0.2, 0) is 0 Å². The van der Waals surface area contributed by atoms with E-state index < -0.39 is 5.56 Å². The first-order valence-electron chi connectivity index (χ1n) is 9.79. The third-order valence-electron chi connectivity index (χ3n) is 5.32. The molecule has 32 heavy (non-hydrogen) atoms. The van der Waals surface area contributed by atoms with Gasteiger partial charge in [-0.2, -0.15) is 0 Å². The lowest BCUT2D eigenvalue weighted by Crippen LogP contribution is -2.09. The Hall–Kier alpha value is -3.90. The average Bonchev–Trinajstić information content (AvgIpc) is 3.20. The largest absolute Gasteiger partial charge is 0.506 e. The fourth-order valence-corrected chi connectivity index (χ4v) is 3.99. The quantitative estimate of drug-likeness (QED) is 0.339. The SMILES string of the molecule is Cc1cc(-c2c(O)c3cc(-c4ccc(-c5ccc(F)cc5)cc4)c(Cl)cc3[nH]c2=O)on1. The molecule has 7 heteroatoms. The van der Waals surface area contributed by atoms with Crippen LogP contribution in [-0.4, -0.2) is 15.2 Å². The van der Waals surface area contributed by atoms with Gasteiger partial charge >= 0.3 is 0 Å². The van der Waals surface area contributed by atoms with Crippen molar-refractivity contribution in [2.45, 2.75) is 6.92 Å². The van der Waals surface area contributed by atoms with Gasteiger partial charge in [-0.05, 0) is 47.9 Å². The zero-order valence-electron chi connectivity index (χ0n) is 16.8. The predicted octanol–water partition coefficient (Wildman–Crippen LogP) is 6.32. The fourth-order valence-electron chi connectivity index (χ4n) is 3.72. The second kappa shape index (κ2) is 7.66. The first-order chi connectivity index (χ1) is 15.4. The Bertz CT molecular complexity index is 1520. The number of benzene rings is 3. The topological polar surface area (TPSA) is 79.1 Å². The zero-order valence-corrected chi connectivity index (χ0v) is 17.6. The maximum Gasteiger partial charge on any atom is 0.263 e. The van der Waals surface area contributed by atoms with E-state index in [1.54, 1.807) is 37.3 Å². The molecule has 0 bridgehead atoms. The number of aromatic amines is 1. The number of nitrogens with zero attached hydrogens (tertiary/aromatic N) is 1. The van der Waals surface area contributed by atoms with E-state index in [-0.39, 0.29) is 22.9 Å². The van der Waals surface area contributed by atoms with Crippen LogP contribution < -0.4 is 5.56 Å². The van der Waals surface area contributed by atoms with Crippen LogP contribution in [0.5, 0.6) is 5.75 Å². The highest BCUT2D eigenvalue weighted by atomic mass is 35.5. The highest BCUT2D eigenvalue weighted by Crippen LogP contribution is 2.38. The van der Waals surface area contributed by atoms with Gasteiger partial charge in [0.05, 0.1) is 16.2 Å². The molecule has 0 saturated carbocycles. The summed E-state index contributed by atoms with van der Waals surface area (Å²) in [5.74, 6) is -0.310. The molecule has 0 aliphatic carbocycles. The number of nitrogens with one attached hydrogen (secondary N) is 1. The average molecular weight is 447 g/mol. The van der Waals surface area contributed by atoms with Gasteiger partial charge < -0.3 is 14.6 Å². The molecule has 3 aromatic carbocycles. The minimum Gasteiger partial charge on any atom is -0.506 e. The number of halogens is 2. The Kier molecular flexibility index (Phi) is 4.79.